The Balaban J connectivity index is 2.52. The van der Waals surface area contributed by atoms with Gasteiger partial charge in [0.2, 0.25) is 0 Å². The third-order valence-electron chi connectivity index (χ3n) is 3.85. The summed E-state index contributed by atoms with van der Waals surface area (Å²) in [6.07, 6.45) is 6.19. The molecule has 5 heteroatoms. The van der Waals surface area contributed by atoms with E-state index in [1.54, 1.807) is 6.08 Å². The van der Waals surface area contributed by atoms with Gasteiger partial charge in [-0.2, -0.15) is 5.26 Å². The molecule has 0 unspecified atom stereocenters. The number of hydrogen-bond acceptors (Lipinski definition) is 4. The van der Waals surface area contributed by atoms with E-state index in [0.717, 1.165) is 38.0 Å². The summed E-state index contributed by atoms with van der Waals surface area (Å²) < 4.78 is 16.1. The average Bonchev–Trinajstić information content (AvgIpc) is 2.41. The standard InChI is InChI=1S/C16H24FN3S/c1-13(11-15(14(2)17)19-21-4)12-20-9-6-16(3,5-8-18)7-10-20/h11,19H,1-2,5-7,9-10,12H2,3-4H3/b15-11+. The Kier molecular flexibility index (Phi) is 7.00. The van der Waals surface area contributed by atoms with Gasteiger partial charge in [0.15, 0.2) is 0 Å². The molecule has 0 atom stereocenters. The van der Waals surface area contributed by atoms with Crippen molar-refractivity contribution in [1.29, 1.82) is 5.26 Å². The lowest BCUT2D eigenvalue weighted by molar-refractivity contribution is 0.130. The first kappa shape index (κ1) is 17.8. The fourth-order valence-corrected chi connectivity index (χ4v) is 2.82. The number of nitrogens with zero attached hydrogens (tertiary/aromatic N) is 2. The molecule has 1 fully saturated rings. The van der Waals surface area contributed by atoms with Gasteiger partial charge in [-0.1, -0.05) is 32.0 Å². The summed E-state index contributed by atoms with van der Waals surface area (Å²) in [7, 11) is 0. The maximum atomic E-state index is 13.3. The van der Waals surface area contributed by atoms with E-state index in [9.17, 15) is 4.39 Å². The van der Waals surface area contributed by atoms with Gasteiger partial charge in [-0.3, -0.25) is 4.90 Å². The molecule has 0 aromatic rings. The molecule has 1 heterocycles. The highest BCUT2D eigenvalue weighted by atomic mass is 32.2. The summed E-state index contributed by atoms with van der Waals surface area (Å²) in [6.45, 7) is 12.1. The summed E-state index contributed by atoms with van der Waals surface area (Å²) >= 11 is 1.33. The van der Waals surface area contributed by atoms with Crippen molar-refractivity contribution in [3.05, 3.63) is 36.3 Å². The topological polar surface area (TPSA) is 39.1 Å². The van der Waals surface area contributed by atoms with Gasteiger partial charge in [-0.25, -0.2) is 4.39 Å². The van der Waals surface area contributed by atoms with Gasteiger partial charge in [0.1, 0.15) is 5.83 Å². The van der Waals surface area contributed by atoms with Gasteiger partial charge >= 0.3 is 0 Å². The zero-order chi connectivity index (χ0) is 15.9. The summed E-state index contributed by atoms with van der Waals surface area (Å²) in [5, 5.41) is 8.86. The second-order valence-corrected chi connectivity index (χ2v) is 6.46. The lowest BCUT2D eigenvalue weighted by Crippen LogP contribution is -2.39. The Bertz CT molecular complexity index is 457. The predicted octanol–water partition coefficient (Wildman–Crippen LogP) is 3.79. The first-order chi connectivity index (χ1) is 9.90. The molecule has 1 rings (SSSR count). The first-order valence-electron chi connectivity index (χ1n) is 7.03. The zero-order valence-electron chi connectivity index (χ0n) is 12.9. The van der Waals surface area contributed by atoms with Crippen molar-refractivity contribution in [2.75, 3.05) is 25.9 Å². The van der Waals surface area contributed by atoms with E-state index in [1.165, 1.54) is 11.9 Å². The number of likely N-dealkylation sites (tertiary alicyclic amines) is 1. The molecule has 1 aliphatic heterocycles. The van der Waals surface area contributed by atoms with E-state index in [2.05, 4.69) is 35.8 Å². The molecular weight excluding hydrogens is 285 g/mol. The number of piperidine rings is 1. The maximum Gasteiger partial charge on any atom is 0.139 e. The van der Waals surface area contributed by atoms with Gasteiger partial charge in [0.25, 0.3) is 0 Å². The highest BCUT2D eigenvalue weighted by Gasteiger charge is 2.29. The van der Waals surface area contributed by atoms with Crippen LogP contribution in [0.15, 0.2) is 36.3 Å². The van der Waals surface area contributed by atoms with Gasteiger partial charge in [-0.05, 0) is 43.0 Å². The molecule has 0 amide bonds. The Labute approximate surface area is 131 Å². The first-order valence-corrected chi connectivity index (χ1v) is 8.25. The van der Waals surface area contributed by atoms with Crippen LogP contribution in [0.5, 0.6) is 0 Å². The molecule has 0 aromatic heterocycles. The fraction of sp³-hybridized carbons (Fsp3) is 0.562. The van der Waals surface area contributed by atoms with Crippen LogP contribution in [0.1, 0.15) is 26.2 Å². The van der Waals surface area contributed by atoms with Crippen molar-refractivity contribution in [3.8, 4) is 6.07 Å². The van der Waals surface area contributed by atoms with Gasteiger partial charge in [-0.15, -0.1) is 0 Å². The largest absolute Gasteiger partial charge is 0.328 e. The van der Waals surface area contributed by atoms with E-state index in [-0.39, 0.29) is 5.41 Å². The number of nitrogens with one attached hydrogen (secondary N) is 1. The molecule has 0 radical (unpaired) electrons. The maximum absolute atomic E-state index is 13.3. The van der Waals surface area contributed by atoms with E-state index in [1.807, 2.05) is 6.26 Å². The van der Waals surface area contributed by atoms with Crippen LogP contribution in [-0.2, 0) is 0 Å². The van der Waals surface area contributed by atoms with Gasteiger partial charge in [0.05, 0.1) is 11.8 Å². The lowest BCUT2D eigenvalue weighted by Gasteiger charge is -2.38. The molecule has 0 bridgehead atoms. The number of halogens is 1. The summed E-state index contributed by atoms with van der Waals surface area (Å²) in [4.78, 5) is 2.30. The Hall–Kier alpha value is -1.25. The van der Waals surface area contributed by atoms with Crippen molar-refractivity contribution in [3.63, 3.8) is 0 Å². The Morgan fingerprint density at radius 2 is 2.10 bits per heavy atom. The van der Waals surface area contributed by atoms with Crippen LogP contribution in [0.4, 0.5) is 4.39 Å². The van der Waals surface area contributed by atoms with Crippen LogP contribution < -0.4 is 4.72 Å². The van der Waals surface area contributed by atoms with Crippen LogP contribution in [0.25, 0.3) is 0 Å². The van der Waals surface area contributed by atoms with Crippen LogP contribution in [0.2, 0.25) is 0 Å². The van der Waals surface area contributed by atoms with E-state index < -0.39 is 5.83 Å². The monoisotopic (exact) mass is 309 g/mol. The fourth-order valence-electron chi connectivity index (χ4n) is 2.43. The predicted molar refractivity (Wildman–Crippen MR) is 88.1 cm³/mol. The average molecular weight is 309 g/mol. The molecule has 0 aliphatic carbocycles. The van der Waals surface area contributed by atoms with Crippen molar-refractivity contribution in [2.24, 2.45) is 5.41 Å². The second-order valence-electron chi connectivity index (χ2n) is 5.85. The summed E-state index contributed by atoms with van der Waals surface area (Å²) in [6, 6.07) is 2.28. The molecule has 1 N–H and O–H groups in total. The van der Waals surface area contributed by atoms with E-state index in [0.29, 0.717) is 12.1 Å². The summed E-state index contributed by atoms with van der Waals surface area (Å²) in [5.41, 5.74) is 1.37. The summed E-state index contributed by atoms with van der Waals surface area (Å²) in [5.74, 6) is -0.481. The number of hydrogen-bond donors (Lipinski definition) is 1. The van der Waals surface area contributed by atoms with Crippen molar-refractivity contribution in [1.82, 2.24) is 9.62 Å². The molecule has 0 spiro atoms. The second kappa shape index (κ2) is 8.26. The molecule has 116 valence electrons. The number of allylic oxidation sites excluding steroid dienone is 1. The molecular formula is C16H24FN3S. The molecule has 3 nitrogen and oxygen atoms in total. The highest BCUT2D eigenvalue weighted by molar-refractivity contribution is 7.96. The minimum absolute atomic E-state index is 0.140. The van der Waals surface area contributed by atoms with E-state index >= 15 is 0 Å². The minimum atomic E-state index is -0.481. The molecule has 0 saturated carbocycles. The number of rotatable bonds is 7. The van der Waals surface area contributed by atoms with Gasteiger partial charge in [0, 0.05) is 19.2 Å². The molecule has 0 aromatic carbocycles. The molecule has 1 saturated heterocycles. The zero-order valence-corrected chi connectivity index (χ0v) is 13.7. The SMILES string of the molecule is C=C(/C=C(/NSC)C(=C)F)CN1CCC(C)(CC#N)CC1. The molecule has 21 heavy (non-hydrogen) atoms. The van der Waals surface area contributed by atoms with Crippen LogP contribution >= 0.6 is 11.9 Å². The van der Waals surface area contributed by atoms with Crippen molar-refractivity contribution < 1.29 is 4.39 Å². The smallest absolute Gasteiger partial charge is 0.139 e. The quantitative estimate of drug-likeness (QED) is 0.573. The van der Waals surface area contributed by atoms with Crippen molar-refractivity contribution in [2.45, 2.75) is 26.2 Å². The normalized spacial score (nSPS) is 18.9. The minimum Gasteiger partial charge on any atom is -0.328 e. The lowest BCUT2D eigenvalue weighted by atomic mass is 9.78. The van der Waals surface area contributed by atoms with Crippen molar-refractivity contribution >= 4 is 11.9 Å². The third kappa shape index (κ3) is 5.94. The molecule has 1 aliphatic rings. The van der Waals surface area contributed by atoms with Crippen LogP contribution in [0.3, 0.4) is 0 Å². The number of nitriles is 1. The highest BCUT2D eigenvalue weighted by Crippen LogP contribution is 2.34. The van der Waals surface area contributed by atoms with Gasteiger partial charge < -0.3 is 4.72 Å². The third-order valence-corrected chi connectivity index (χ3v) is 4.27. The van der Waals surface area contributed by atoms with Crippen LogP contribution in [-0.4, -0.2) is 30.8 Å². The van der Waals surface area contributed by atoms with Crippen LogP contribution in [0, 0.1) is 16.7 Å². The Morgan fingerprint density at radius 1 is 1.48 bits per heavy atom. The van der Waals surface area contributed by atoms with E-state index in [4.69, 9.17) is 5.26 Å². The Morgan fingerprint density at radius 3 is 2.57 bits per heavy atom.